The van der Waals surface area contributed by atoms with Crippen molar-refractivity contribution in [2.75, 3.05) is 20.2 Å². The molecule has 0 spiro atoms. The van der Waals surface area contributed by atoms with Gasteiger partial charge in [0.1, 0.15) is 17.2 Å². The van der Waals surface area contributed by atoms with Gasteiger partial charge < -0.3 is 10.1 Å². The zero-order chi connectivity index (χ0) is 18.9. The number of benzene rings is 2. The summed E-state index contributed by atoms with van der Waals surface area (Å²) in [6.45, 7) is 1.74. The predicted octanol–water partition coefficient (Wildman–Crippen LogP) is 4.03. The molecule has 1 N–H and O–H groups in total. The van der Waals surface area contributed by atoms with Gasteiger partial charge in [0.05, 0.1) is 25.0 Å². The minimum Gasteiger partial charge on any atom is -0.496 e. The van der Waals surface area contributed by atoms with E-state index in [0.717, 1.165) is 58.4 Å². The number of ether oxygens (including phenoxy) is 1. The second kappa shape index (κ2) is 6.85. The van der Waals surface area contributed by atoms with Gasteiger partial charge in [-0.2, -0.15) is 0 Å². The lowest BCUT2D eigenvalue weighted by Crippen LogP contribution is -2.19. The zero-order valence-electron chi connectivity index (χ0n) is 15.6. The molecule has 5 heteroatoms. The van der Waals surface area contributed by atoms with E-state index in [1.54, 1.807) is 7.11 Å². The number of pyridine rings is 1. The normalized spacial score (nSPS) is 13.4. The van der Waals surface area contributed by atoms with Crippen LogP contribution in [0.5, 0.6) is 5.75 Å². The lowest BCUT2D eigenvalue weighted by molar-refractivity contribution is 0.416. The molecule has 0 atom stereocenters. The standard InChI is InChI=1S/C23H20N4O/c1-28-19-7-3-2-6-18(19)22-21(26-20-8-4-5-15-27(20)22)16-9-11-17(12-10-16)23-24-13-14-25-23/h2-12,15H,13-14H2,1H3,(H,24,25). The minimum absolute atomic E-state index is 0.829. The van der Waals surface area contributed by atoms with Crippen molar-refractivity contribution >= 4 is 11.5 Å². The van der Waals surface area contributed by atoms with Crippen LogP contribution in [0.4, 0.5) is 0 Å². The molecule has 0 aliphatic carbocycles. The zero-order valence-corrected chi connectivity index (χ0v) is 15.6. The van der Waals surface area contributed by atoms with Gasteiger partial charge in [-0.3, -0.25) is 9.39 Å². The van der Waals surface area contributed by atoms with Gasteiger partial charge >= 0.3 is 0 Å². The Morgan fingerprint density at radius 3 is 2.50 bits per heavy atom. The summed E-state index contributed by atoms with van der Waals surface area (Å²) in [6, 6.07) is 22.5. The van der Waals surface area contributed by atoms with Crippen LogP contribution < -0.4 is 10.1 Å². The Labute approximate surface area is 163 Å². The van der Waals surface area contributed by atoms with E-state index in [-0.39, 0.29) is 0 Å². The molecule has 5 rings (SSSR count). The number of aliphatic imine (C=N–C) groups is 1. The summed E-state index contributed by atoms with van der Waals surface area (Å²) in [4.78, 5) is 9.42. The number of para-hydroxylation sites is 1. The topological polar surface area (TPSA) is 50.9 Å². The van der Waals surface area contributed by atoms with Crippen molar-refractivity contribution in [1.29, 1.82) is 0 Å². The number of fused-ring (bicyclic) bond motifs is 1. The molecule has 0 fully saturated rings. The first-order valence-corrected chi connectivity index (χ1v) is 9.35. The highest BCUT2D eigenvalue weighted by Crippen LogP contribution is 2.37. The molecule has 2 aromatic carbocycles. The van der Waals surface area contributed by atoms with Gasteiger partial charge in [-0.15, -0.1) is 0 Å². The van der Waals surface area contributed by atoms with Crippen molar-refractivity contribution in [3.05, 3.63) is 78.5 Å². The summed E-state index contributed by atoms with van der Waals surface area (Å²) < 4.78 is 7.75. The quantitative estimate of drug-likeness (QED) is 0.592. The number of aromatic nitrogens is 2. The largest absolute Gasteiger partial charge is 0.496 e. The molecule has 1 aliphatic heterocycles. The number of nitrogens with one attached hydrogen (secondary N) is 1. The van der Waals surface area contributed by atoms with Gasteiger partial charge in [-0.05, 0) is 24.3 Å². The maximum atomic E-state index is 5.63. The molecule has 0 saturated heterocycles. The Morgan fingerprint density at radius 1 is 0.929 bits per heavy atom. The molecule has 2 aromatic heterocycles. The molecular formula is C23H20N4O. The molecule has 28 heavy (non-hydrogen) atoms. The van der Waals surface area contributed by atoms with E-state index in [2.05, 4.69) is 45.0 Å². The van der Waals surface area contributed by atoms with Crippen molar-refractivity contribution in [3.63, 3.8) is 0 Å². The average Bonchev–Trinajstić information content (AvgIpc) is 3.42. The van der Waals surface area contributed by atoms with Gasteiger partial charge in [0.2, 0.25) is 0 Å². The second-order valence-corrected chi connectivity index (χ2v) is 6.67. The van der Waals surface area contributed by atoms with Gasteiger partial charge in [0, 0.05) is 29.4 Å². The second-order valence-electron chi connectivity index (χ2n) is 6.67. The number of imidazole rings is 1. The monoisotopic (exact) mass is 368 g/mol. The molecular weight excluding hydrogens is 348 g/mol. The van der Waals surface area contributed by atoms with Crippen molar-refractivity contribution < 1.29 is 4.74 Å². The number of rotatable bonds is 4. The molecule has 0 bridgehead atoms. The first-order chi connectivity index (χ1) is 13.8. The van der Waals surface area contributed by atoms with Crippen LogP contribution in [0.1, 0.15) is 5.56 Å². The maximum Gasteiger partial charge on any atom is 0.137 e. The summed E-state index contributed by atoms with van der Waals surface area (Å²) in [6.07, 6.45) is 2.04. The summed E-state index contributed by atoms with van der Waals surface area (Å²) in [7, 11) is 1.70. The SMILES string of the molecule is COc1ccccc1-c1c(-c2ccc(C3=NCCN3)cc2)nc2ccccn12. The smallest absolute Gasteiger partial charge is 0.137 e. The Balaban J connectivity index is 1.69. The third-order valence-corrected chi connectivity index (χ3v) is 5.00. The fourth-order valence-corrected chi connectivity index (χ4v) is 3.67. The first-order valence-electron chi connectivity index (χ1n) is 9.35. The van der Waals surface area contributed by atoms with E-state index in [0.29, 0.717) is 0 Å². The van der Waals surface area contributed by atoms with Crippen molar-refractivity contribution in [3.8, 4) is 28.3 Å². The Bertz CT molecular complexity index is 1170. The fourth-order valence-electron chi connectivity index (χ4n) is 3.67. The molecule has 1 aliphatic rings. The number of amidine groups is 1. The Morgan fingerprint density at radius 2 is 1.71 bits per heavy atom. The fraction of sp³-hybridized carbons (Fsp3) is 0.130. The van der Waals surface area contributed by atoms with Crippen molar-refractivity contribution in [1.82, 2.24) is 14.7 Å². The molecule has 3 heterocycles. The van der Waals surface area contributed by atoms with Crippen molar-refractivity contribution in [2.45, 2.75) is 0 Å². The van der Waals surface area contributed by atoms with Crippen LogP contribution in [-0.4, -0.2) is 35.4 Å². The summed E-state index contributed by atoms with van der Waals surface area (Å²) in [5.41, 5.74) is 6.05. The summed E-state index contributed by atoms with van der Waals surface area (Å²) in [5.74, 6) is 1.79. The molecule has 4 aromatic rings. The van der Waals surface area contributed by atoms with Crippen LogP contribution in [0.15, 0.2) is 77.9 Å². The van der Waals surface area contributed by atoms with Crippen LogP contribution >= 0.6 is 0 Å². The first kappa shape index (κ1) is 16.6. The van der Waals surface area contributed by atoms with Gasteiger partial charge in [-0.25, -0.2) is 4.98 Å². The van der Waals surface area contributed by atoms with Crippen LogP contribution in [0.3, 0.4) is 0 Å². The molecule has 0 saturated carbocycles. The highest BCUT2D eigenvalue weighted by Gasteiger charge is 2.19. The summed E-state index contributed by atoms with van der Waals surface area (Å²) in [5, 5.41) is 3.32. The van der Waals surface area contributed by atoms with Crippen LogP contribution in [0, 0.1) is 0 Å². The molecule has 5 nitrogen and oxygen atoms in total. The molecule has 0 amide bonds. The molecule has 0 unspecified atom stereocenters. The predicted molar refractivity (Wildman–Crippen MR) is 112 cm³/mol. The van der Waals surface area contributed by atoms with Gasteiger partial charge in [0.15, 0.2) is 0 Å². The van der Waals surface area contributed by atoms with E-state index < -0.39 is 0 Å². The van der Waals surface area contributed by atoms with Gasteiger partial charge in [0.25, 0.3) is 0 Å². The van der Waals surface area contributed by atoms with Crippen LogP contribution in [0.2, 0.25) is 0 Å². The minimum atomic E-state index is 0.829. The van der Waals surface area contributed by atoms with E-state index in [1.807, 2.05) is 42.6 Å². The Hall–Kier alpha value is -3.60. The Kier molecular flexibility index (Phi) is 4.05. The molecule has 138 valence electrons. The van der Waals surface area contributed by atoms with Gasteiger partial charge in [-0.1, -0.05) is 42.5 Å². The highest BCUT2D eigenvalue weighted by atomic mass is 16.5. The van der Waals surface area contributed by atoms with E-state index in [9.17, 15) is 0 Å². The summed E-state index contributed by atoms with van der Waals surface area (Å²) >= 11 is 0. The van der Waals surface area contributed by atoms with E-state index in [1.165, 1.54) is 0 Å². The van der Waals surface area contributed by atoms with E-state index >= 15 is 0 Å². The third-order valence-electron chi connectivity index (χ3n) is 5.00. The molecule has 0 radical (unpaired) electrons. The number of hydrogen-bond acceptors (Lipinski definition) is 4. The number of nitrogens with zero attached hydrogens (tertiary/aromatic N) is 3. The van der Waals surface area contributed by atoms with E-state index in [4.69, 9.17) is 9.72 Å². The van der Waals surface area contributed by atoms with Crippen molar-refractivity contribution in [2.24, 2.45) is 4.99 Å². The third kappa shape index (κ3) is 2.72. The number of methoxy groups -OCH3 is 1. The maximum absolute atomic E-state index is 5.63. The average molecular weight is 368 g/mol. The lowest BCUT2D eigenvalue weighted by Gasteiger charge is -2.11. The van der Waals surface area contributed by atoms with Crippen LogP contribution in [-0.2, 0) is 0 Å². The van der Waals surface area contributed by atoms with Crippen LogP contribution in [0.25, 0.3) is 28.2 Å². The highest BCUT2D eigenvalue weighted by molar-refractivity contribution is 6.00. The number of hydrogen-bond donors (Lipinski definition) is 1. The lowest BCUT2D eigenvalue weighted by atomic mass is 10.0.